The molecule has 2 rings (SSSR count). The first kappa shape index (κ1) is 14.8. The molecule has 0 aliphatic carbocycles. The van der Waals surface area contributed by atoms with Crippen LogP contribution in [0.1, 0.15) is 39.5 Å². The van der Waals surface area contributed by atoms with Crippen molar-refractivity contribution in [2.24, 2.45) is 11.8 Å². The first-order chi connectivity index (χ1) is 9.22. The monoisotopic (exact) mass is 268 g/mol. The molecule has 0 radical (unpaired) electrons. The Morgan fingerprint density at radius 2 is 2.26 bits per heavy atom. The normalized spacial score (nSPS) is 32.3. The van der Waals surface area contributed by atoms with E-state index in [0.29, 0.717) is 24.5 Å². The Labute approximate surface area is 116 Å². The Kier molecular flexibility index (Phi) is 5.64. The van der Waals surface area contributed by atoms with Crippen molar-refractivity contribution in [3.8, 4) is 0 Å². The summed E-state index contributed by atoms with van der Waals surface area (Å²) in [5.74, 6) is 0.982. The number of rotatable bonds is 4. The maximum atomic E-state index is 12.4. The lowest BCUT2D eigenvalue weighted by atomic mass is 9.91. The summed E-state index contributed by atoms with van der Waals surface area (Å²) in [6.07, 6.45) is 4.29. The van der Waals surface area contributed by atoms with E-state index in [1.54, 1.807) is 0 Å². The summed E-state index contributed by atoms with van der Waals surface area (Å²) in [6, 6.07) is 0.576. The van der Waals surface area contributed by atoms with E-state index >= 15 is 0 Å². The van der Waals surface area contributed by atoms with Gasteiger partial charge in [0.1, 0.15) is 0 Å². The Bertz CT molecular complexity index is 290. The molecule has 1 N–H and O–H groups in total. The van der Waals surface area contributed by atoms with Crippen LogP contribution in [0.4, 0.5) is 0 Å². The number of ether oxygens (including phenoxy) is 1. The zero-order chi connectivity index (χ0) is 13.7. The van der Waals surface area contributed by atoms with E-state index in [1.165, 1.54) is 6.42 Å². The van der Waals surface area contributed by atoms with Crippen LogP contribution in [0.15, 0.2) is 0 Å². The lowest BCUT2D eigenvalue weighted by Crippen LogP contribution is -2.52. The predicted octanol–water partition coefficient (Wildman–Crippen LogP) is 1.65. The van der Waals surface area contributed by atoms with E-state index in [4.69, 9.17) is 4.74 Å². The van der Waals surface area contributed by atoms with Gasteiger partial charge in [0.15, 0.2) is 0 Å². The van der Waals surface area contributed by atoms with Crippen molar-refractivity contribution in [1.29, 1.82) is 0 Å². The molecule has 2 aliphatic heterocycles. The van der Waals surface area contributed by atoms with Crippen molar-refractivity contribution in [1.82, 2.24) is 10.2 Å². The van der Waals surface area contributed by atoms with E-state index in [9.17, 15) is 4.79 Å². The zero-order valence-electron chi connectivity index (χ0n) is 12.4. The van der Waals surface area contributed by atoms with Crippen molar-refractivity contribution < 1.29 is 9.53 Å². The Morgan fingerprint density at radius 1 is 1.42 bits per heavy atom. The summed E-state index contributed by atoms with van der Waals surface area (Å²) in [5.41, 5.74) is 0. The molecule has 0 aromatic heterocycles. The molecular weight excluding hydrogens is 240 g/mol. The van der Waals surface area contributed by atoms with Crippen molar-refractivity contribution >= 4 is 5.91 Å². The molecule has 1 amide bonds. The number of piperidine rings is 1. The van der Waals surface area contributed by atoms with E-state index in [1.807, 2.05) is 0 Å². The summed E-state index contributed by atoms with van der Waals surface area (Å²) in [7, 11) is 0. The molecule has 0 aromatic carbocycles. The third kappa shape index (κ3) is 3.93. The molecule has 4 nitrogen and oxygen atoms in total. The van der Waals surface area contributed by atoms with Crippen LogP contribution < -0.4 is 5.32 Å². The van der Waals surface area contributed by atoms with Crippen molar-refractivity contribution in [3.63, 3.8) is 0 Å². The summed E-state index contributed by atoms with van der Waals surface area (Å²) in [4.78, 5) is 14.5. The number of hydrogen-bond donors (Lipinski definition) is 1. The van der Waals surface area contributed by atoms with Gasteiger partial charge < -0.3 is 15.0 Å². The number of carbonyl (C=O) groups excluding carboxylic acids is 1. The molecule has 2 fully saturated rings. The summed E-state index contributed by atoms with van der Waals surface area (Å²) in [5, 5.41) is 3.60. The quantitative estimate of drug-likeness (QED) is 0.843. The molecule has 110 valence electrons. The Hall–Kier alpha value is -0.610. The molecule has 2 saturated heterocycles. The van der Waals surface area contributed by atoms with Gasteiger partial charge in [-0.1, -0.05) is 13.8 Å². The lowest BCUT2D eigenvalue weighted by molar-refractivity contribution is -0.141. The number of likely N-dealkylation sites (tertiary alicyclic amines) is 1. The summed E-state index contributed by atoms with van der Waals surface area (Å²) < 4.78 is 5.44. The van der Waals surface area contributed by atoms with Gasteiger partial charge >= 0.3 is 0 Å². The van der Waals surface area contributed by atoms with Gasteiger partial charge in [0.05, 0.1) is 12.5 Å². The van der Waals surface area contributed by atoms with Crippen LogP contribution in [0, 0.1) is 11.8 Å². The van der Waals surface area contributed by atoms with Gasteiger partial charge in [0.25, 0.3) is 0 Å². The minimum atomic E-state index is 0.112. The fourth-order valence-electron chi connectivity index (χ4n) is 3.17. The van der Waals surface area contributed by atoms with Crippen LogP contribution >= 0.6 is 0 Å². The standard InChI is InChI=1S/C15H28N2O2/c1-3-7-16-14-6-8-17(10-12(14)2)15(18)13-5-4-9-19-11-13/h12-14,16H,3-11H2,1-2H3. The molecule has 4 heteroatoms. The maximum Gasteiger partial charge on any atom is 0.228 e. The number of amides is 1. The largest absolute Gasteiger partial charge is 0.381 e. The number of hydrogen-bond acceptors (Lipinski definition) is 3. The van der Waals surface area contributed by atoms with Crippen LogP contribution in [0.25, 0.3) is 0 Å². The van der Waals surface area contributed by atoms with E-state index in [2.05, 4.69) is 24.1 Å². The summed E-state index contributed by atoms with van der Waals surface area (Å²) in [6.45, 7) is 8.78. The highest BCUT2D eigenvalue weighted by molar-refractivity contribution is 5.79. The van der Waals surface area contributed by atoms with E-state index < -0.39 is 0 Å². The first-order valence-corrected chi connectivity index (χ1v) is 7.82. The van der Waals surface area contributed by atoms with Gasteiger partial charge in [-0.3, -0.25) is 4.79 Å². The molecule has 2 aliphatic rings. The third-order valence-electron chi connectivity index (χ3n) is 4.38. The number of nitrogens with zero attached hydrogens (tertiary/aromatic N) is 1. The highest BCUT2D eigenvalue weighted by atomic mass is 16.5. The van der Waals surface area contributed by atoms with Gasteiger partial charge in [-0.2, -0.15) is 0 Å². The second-order valence-corrected chi connectivity index (χ2v) is 6.02. The van der Waals surface area contributed by atoms with Gasteiger partial charge in [-0.25, -0.2) is 0 Å². The third-order valence-corrected chi connectivity index (χ3v) is 4.38. The SMILES string of the molecule is CCCNC1CCN(C(=O)C2CCCOC2)CC1C. The molecule has 0 aromatic rings. The molecule has 19 heavy (non-hydrogen) atoms. The Balaban J connectivity index is 1.81. The second kappa shape index (κ2) is 7.25. The topological polar surface area (TPSA) is 41.6 Å². The fourth-order valence-corrected chi connectivity index (χ4v) is 3.17. The van der Waals surface area contributed by atoms with Crippen molar-refractivity contribution in [3.05, 3.63) is 0 Å². The number of carbonyl (C=O) groups is 1. The zero-order valence-corrected chi connectivity index (χ0v) is 12.4. The maximum absolute atomic E-state index is 12.4. The van der Waals surface area contributed by atoms with Crippen molar-refractivity contribution in [2.75, 3.05) is 32.8 Å². The molecule has 3 unspecified atom stereocenters. The highest BCUT2D eigenvalue weighted by Gasteiger charge is 2.32. The van der Waals surface area contributed by atoms with Crippen molar-refractivity contribution in [2.45, 2.75) is 45.6 Å². The van der Waals surface area contributed by atoms with Crippen LogP contribution in [0.3, 0.4) is 0 Å². The van der Waals surface area contributed by atoms with Gasteiger partial charge in [-0.05, 0) is 38.1 Å². The molecule has 3 atom stereocenters. The van der Waals surface area contributed by atoms with Gasteiger partial charge in [0, 0.05) is 25.7 Å². The molecule has 0 saturated carbocycles. The predicted molar refractivity (Wildman–Crippen MR) is 76.0 cm³/mol. The van der Waals surface area contributed by atoms with E-state index in [0.717, 1.165) is 45.5 Å². The van der Waals surface area contributed by atoms with Crippen LogP contribution in [-0.2, 0) is 9.53 Å². The Morgan fingerprint density at radius 3 is 2.89 bits per heavy atom. The molecule has 2 heterocycles. The second-order valence-electron chi connectivity index (χ2n) is 6.02. The lowest BCUT2D eigenvalue weighted by Gasteiger charge is -2.39. The fraction of sp³-hybridized carbons (Fsp3) is 0.933. The molecular formula is C15H28N2O2. The number of nitrogens with one attached hydrogen (secondary N) is 1. The minimum Gasteiger partial charge on any atom is -0.381 e. The van der Waals surface area contributed by atoms with Gasteiger partial charge in [0.2, 0.25) is 5.91 Å². The van der Waals surface area contributed by atoms with E-state index in [-0.39, 0.29) is 5.92 Å². The highest BCUT2D eigenvalue weighted by Crippen LogP contribution is 2.22. The average Bonchev–Trinajstić information content (AvgIpc) is 2.46. The smallest absolute Gasteiger partial charge is 0.228 e. The minimum absolute atomic E-state index is 0.112. The average molecular weight is 268 g/mol. The van der Waals surface area contributed by atoms with Crippen LogP contribution in [0.5, 0.6) is 0 Å². The molecule has 0 spiro atoms. The van der Waals surface area contributed by atoms with Crippen LogP contribution in [0.2, 0.25) is 0 Å². The van der Waals surface area contributed by atoms with Gasteiger partial charge in [-0.15, -0.1) is 0 Å². The van der Waals surface area contributed by atoms with Crippen LogP contribution in [-0.4, -0.2) is 49.7 Å². The summed E-state index contributed by atoms with van der Waals surface area (Å²) >= 11 is 0. The molecule has 0 bridgehead atoms. The first-order valence-electron chi connectivity index (χ1n) is 7.82.